The van der Waals surface area contributed by atoms with Crippen LogP contribution in [0.15, 0.2) is 12.2 Å². The minimum Gasteiger partial charge on any atom is -0.340 e. The van der Waals surface area contributed by atoms with E-state index in [0.29, 0.717) is 0 Å². The second-order valence-electron chi connectivity index (χ2n) is 2.92. The van der Waals surface area contributed by atoms with E-state index in [4.69, 9.17) is 0 Å². The van der Waals surface area contributed by atoms with E-state index in [2.05, 4.69) is 17.0 Å². The molecular weight excluding hydrogens is 204 g/mol. The Morgan fingerprint density at radius 3 is 2.77 bits per heavy atom. The summed E-state index contributed by atoms with van der Waals surface area (Å²) >= 11 is 3.98. The van der Waals surface area contributed by atoms with Crippen LogP contribution in [-0.2, 0) is 4.79 Å². The van der Waals surface area contributed by atoms with Crippen LogP contribution in [0.4, 0.5) is 0 Å². The van der Waals surface area contributed by atoms with Crippen molar-refractivity contribution in [2.45, 2.75) is 12.3 Å². The van der Waals surface area contributed by atoms with Gasteiger partial charge in [0.25, 0.3) is 0 Å². The van der Waals surface area contributed by atoms with E-state index in [9.17, 15) is 4.79 Å². The molecule has 0 aromatic rings. The zero-order valence-corrected chi connectivity index (χ0v) is 9.86. The maximum Gasteiger partial charge on any atom is 0.244 e. The fraction of sp³-hybridized carbons (Fsp3) is 0.625. The van der Waals surface area contributed by atoms with Gasteiger partial charge in [-0.25, -0.2) is 0 Å². The molecule has 0 aromatic carbocycles. The number of nitrogens with zero attached hydrogens (tertiary/aromatic N) is 1. The first-order chi connectivity index (χ1) is 6.06. The second kappa shape index (κ2) is 7.29. The molecule has 0 aromatic heterocycles. The molecule has 0 aliphatic carbocycles. The maximum atomic E-state index is 11.1. The van der Waals surface area contributed by atoms with Gasteiger partial charge in [0.15, 0.2) is 0 Å². The smallest absolute Gasteiger partial charge is 0.244 e. The number of carbonyl (C=O) groups is 1. The highest BCUT2D eigenvalue weighted by atomic mass is 33.1. The van der Waals surface area contributed by atoms with Crippen molar-refractivity contribution >= 4 is 28.4 Å². The number of thiol groups is 1. The van der Waals surface area contributed by atoms with Crippen molar-refractivity contribution < 1.29 is 4.79 Å². The predicted molar refractivity (Wildman–Crippen MR) is 61.9 cm³/mol. The molecule has 0 saturated heterocycles. The number of hydrogen-bond acceptors (Lipinski definition) is 4. The molecule has 0 saturated carbocycles. The summed E-state index contributed by atoms with van der Waals surface area (Å²) in [5.41, 5.74) is 0. The highest BCUT2D eigenvalue weighted by molar-refractivity contribution is 8.68. The van der Waals surface area contributed by atoms with Crippen LogP contribution in [-0.4, -0.2) is 36.8 Å². The Hall–Kier alpha value is -0.130. The first-order valence-corrected chi connectivity index (χ1v) is 5.91. The Morgan fingerprint density at radius 2 is 2.31 bits per heavy atom. The highest BCUT2D eigenvalue weighted by Crippen LogP contribution is 2.10. The number of likely N-dealkylation sites (N-methyl/N-ethyl adjacent to an activating group) is 1. The maximum absolute atomic E-state index is 11.1. The van der Waals surface area contributed by atoms with Crippen LogP contribution in [0.5, 0.6) is 0 Å². The fourth-order valence-electron chi connectivity index (χ4n) is 0.645. The average Bonchev–Trinajstić information content (AvgIpc) is 2.03. The number of amides is 1. The normalized spacial score (nSPS) is 13.6. The van der Waals surface area contributed by atoms with E-state index >= 15 is 0 Å². The summed E-state index contributed by atoms with van der Waals surface area (Å²) in [5.74, 6) is -0.0732. The van der Waals surface area contributed by atoms with Gasteiger partial charge in [0.2, 0.25) is 5.91 Å². The van der Waals surface area contributed by atoms with Crippen LogP contribution in [0.3, 0.4) is 0 Å². The summed E-state index contributed by atoms with van der Waals surface area (Å²) in [5, 5.41) is 2.79. The fourth-order valence-corrected chi connectivity index (χ4v) is 0.972. The SMILES string of the molecule is CC(NC(=O)C=CCN(C)C)SS. The van der Waals surface area contributed by atoms with E-state index in [1.54, 1.807) is 6.08 Å². The van der Waals surface area contributed by atoms with Crippen molar-refractivity contribution in [2.75, 3.05) is 20.6 Å². The summed E-state index contributed by atoms with van der Waals surface area (Å²) in [6.45, 7) is 2.66. The first-order valence-electron chi connectivity index (χ1n) is 3.98. The molecule has 0 bridgehead atoms. The average molecular weight is 220 g/mol. The Kier molecular flexibility index (Phi) is 7.22. The molecule has 1 N–H and O–H groups in total. The Labute approximate surface area is 88.8 Å². The van der Waals surface area contributed by atoms with E-state index in [1.165, 1.54) is 10.8 Å². The van der Waals surface area contributed by atoms with Gasteiger partial charge >= 0.3 is 0 Å². The van der Waals surface area contributed by atoms with Crippen molar-refractivity contribution in [1.29, 1.82) is 0 Å². The van der Waals surface area contributed by atoms with Gasteiger partial charge in [-0.05, 0) is 21.0 Å². The third-order valence-electron chi connectivity index (χ3n) is 1.24. The molecule has 3 nitrogen and oxygen atoms in total. The Morgan fingerprint density at radius 1 is 1.69 bits per heavy atom. The van der Waals surface area contributed by atoms with E-state index < -0.39 is 0 Å². The molecule has 0 radical (unpaired) electrons. The van der Waals surface area contributed by atoms with Crippen LogP contribution in [0, 0.1) is 0 Å². The molecule has 1 amide bonds. The molecule has 76 valence electrons. The van der Waals surface area contributed by atoms with Gasteiger partial charge in [0.05, 0.1) is 5.37 Å². The van der Waals surface area contributed by atoms with Crippen molar-refractivity contribution in [1.82, 2.24) is 10.2 Å². The van der Waals surface area contributed by atoms with E-state index in [-0.39, 0.29) is 11.3 Å². The lowest BCUT2D eigenvalue weighted by molar-refractivity contribution is -0.116. The van der Waals surface area contributed by atoms with Gasteiger partial charge in [0.1, 0.15) is 0 Å². The molecule has 1 unspecified atom stereocenters. The van der Waals surface area contributed by atoms with Crippen LogP contribution in [0.1, 0.15) is 6.92 Å². The topological polar surface area (TPSA) is 32.3 Å². The number of carbonyl (C=O) groups excluding carboxylic acids is 1. The van der Waals surface area contributed by atoms with Gasteiger partial charge in [-0.2, -0.15) is 0 Å². The highest BCUT2D eigenvalue weighted by Gasteiger charge is 2.01. The van der Waals surface area contributed by atoms with E-state index in [1.807, 2.05) is 32.0 Å². The minimum absolute atomic E-state index is 0.0415. The predicted octanol–water partition coefficient (Wildman–Crippen LogP) is 1.14. The van der Waals surface area contributed by atoms with Crippen LogP contribution >= 0.6 is 22.5 Å². The number of rotatable bonds is 5. The number of hydrogen-bond donors (Lipinski definition) is 2. The van der Waals surface area contributed by atoms with Crippen molar-refractivity contribution in [3.8, 4) is 0 Å². The molecule has 0 aliphatic rings. The Bertz CT molecular complexity index is 183. The summed E-state index contributed by atoms with van der Waals surface area (Å²) in [4.78, 5) is 13.1. The summed E-state index contributed by atoms with van der Waals surface area (Å²) < 4.78 is 0. The van der Waals surface area contributed by atoms with Crippen molar-refractivity contribution in [3.05, 3.63) is 12.2 Å². The summed E-state index contributed by atoms with van der Waals surface area (Å²) in [7, 11) is 5.22. The quantitative estimate of drug-likeness (QED) is 0.315. The Balaban J connectivity index is 3.67. The zero-order chi connectivity index (χ0) is 10.3. The van der Waals surface area contributed by atoms with Crippen LogP contribution < -0.4 is 5.32 Å². The zero-order valence-electron chi connectivity index (χ0n) is 8.15. The monoisotopic (exact) mass is 220 g/mol. The molecule has 1 atom stereocenters. The molecule has 0 spiro atoms. The van der Waals surface area contributed by atoms with E-state index in [0.717, 1.165) is 6.54 Å². The van der Waals surface area contributed by atoms with Crippen molar-refractivity contribution in [3.63, 3.8) is 0 Å². The molecule has 0 heterocycles. The largest absolute Gasteiger partial charge is 0.340 e. The first kappa shape index (κ1) is 12.9. The third kappa shape index (κ3) is 8.21. The molecular formula is C8H16N2OS2. The van der Waals surface area contributed by atoms with Gasteiger partial charge in [0, 0.05) is 12.6 Å². The van der Waals surface area contributed by atoms with Gasteiger partial charge in [-0.3, -0.25) is 4.79 Å². The lowest BCUT2D eigenvalue weighted by atomic mass is 10.4. The van der Waals surface area contributed by atoms with Gasteiger partial charge in [-0.15, -0.1) is 11.7 Å². The third-order valence-corrected chi connectivity index (χ3v) is 2.63. The van der Waals surface area contributed by atoms with Crippen LogP contribution in [0.25, 0.3) is 0 Å². The lowest BCUT2D eigenvalue weighted by Crippen LogP contribution is -2.27. The second-order valence-corrected chi connectivity index (χ2v) is 4.47. The molecule has 5 heteroatoms. The number of nitrogens with one attached hydrogen (secondary N) is 1. The summed E-state index contributed by atoms with van der Waals surface area (Å²) in [6.07, 6.45) is 3.37. The standard InChI is InChI=1S/C8H16N2OS2/c1-7(13-12)9-8(11)5-4-6-10(2)3/h4-5,7,12H,6H2,1-3H3,(H,9,11). The molecule has 13 heavy (non-hydrogen) atoms. The molecule has 0 rings (SSSR count). The molecule has 0 fully saturated rings. The van der Waals surface area contributed by atoms with Gasteiger partial charge < -0.3 is 10.2 Å². The lowest BCUT2D eigenvalue weighted by Gasteiger charge is -2.07. The minimum atomic E-state index is -0.0732. The van der Waals surface area contributed by atoms with Crippen LogP contribution in [0.2, 0.25) is 0 Å². The summed E-state index contributed by atoms with van der Waals surface area (Å²) in [6, 6.07) is 0. The van der Waals surface area contributed by atoms with Crippen molar-refractivity contribution in [2.24, 2.45) is 0 Å². The molecule has 0 aliphatic heterocycles. The van der Waals surface area contributed by atoms with Gasteiger partial charge in [-0.1, -0.05) is 16.9 Å².